The summed E-state index contributed by atoms with van der Waals surface area (Å²) in [6.07, 6.45) is 2.23. The fourth-order valence-corrected chi connectivity index (χ4v) is 2.02. The van der Waals surface area contributed by atoms with E-state index in [1.165, 1.54) is 0 Å². The van der Waals surface area contributed by atoms with Gasteiger partial charge in [0.05, 0.1) is 0 Å². The molecule has 3 nitrogen and oxygen atoms in total. The molecule has 0 unspecified atom stereocenters. The van der Waals surface area contributed by atoms with Crippen molar-refractivity contribution in [3.05, 3.63) is 0 Å². The minimum atomic E-state index is 0.142. The first-order chi connectivity index (χ1) is 6.50. The lowest BCUT2D eigenvalue weighted by Crippen LogP contribution is -2.59. The number of carbonyl (C=O) groups is 1. The molecule has 0 bridgehead atoms. The fraction of sp³-hybridized carbons (Fsp3) is 0.909. The van der Waals surface area contributed by atoms with Gasteiger partial charge in [0.25, 0.3) is 0 Å². The van der Waals surface area contributed by atoms with E-state index in [4.69, 9.17) is 0 Å². The Morgan fingerprint density at radius 2 is 1.93 bits per heavy atom. The monoisotopic (exact) mass is 196 g/mol. The number of piperazine rings is 1. The number of hydrogen-bond acceptors (Lipinski definition) is 2. The molecule has 0 spiro atoms. The summed E-state index contributed by atoms with van der Waals surface area (Å²) < 4.78 is 0. The van der Waals surface area contributed by atoms with Gasteiger partial charge in [0.2, 0.25) is 5.91 Å². The second kappa shape index (κ2) is 3.23. The van der Waals surface area contributed by atoms with E-state index in [1.807, 2.05) is 0 Å². The standard InChI is InChI=1S/C11H20N2O/c1-11(2)8-13(7-6-12(11)3)10(14)9-4-5-9/h9H,4-8H2,1-3H3. The van der Waals surface area contributed by atoms with Crippen molar-refractivity contribution in [2.75, 3.05) is 26.7 Å². The Morgan fingerprint density at radius 3 is 2.43 bits per heavy atom. The van der Waals surface area contributed by atoms with E-state index in [-0.39, 0.29) is 5.54 Å². The number of hydrogen-bond donors (Lipinski definition) is 0. The molecule has 80 valence electrons. The molecule has 1 aliphatic heterocycles. The van der Waals surface area contributed by atoms with E-state index in [1.54, 1.807) is 0 Å². The van der Waals surface area contributed by atoms with E-state index in [0.29, 0.717) is 11.8 Å². The van der Waals surface area contributed by atoms with Crippen molar-refractivity contribution in [2.45, 2.75) is 32.2 Å². The van der Waals surface area contributed by atoms with Crippen molar-refractivity contribution in [3.8, 4) is 0 Å². The summed E-state index contributed by atoms with van der Waals surface area (Å²) in [4.78, 5) is 16.3. The molecule has 0 N–H and O–H groups in total. The van der Waals surface area contributed by atoms with Gasteiger partial charge < -0.3 is 4.90 Å². The highest BCUT2D eigenvalue weighted by Crippen LogP contribution is 2.32. The third kappa shape index (κ3) is 1.78. The lowest BCUT2D eigenvalue weighted by Gasteiger charge is -2.45. The van der Waals surface area contributed by atoms with Gasteiger partial charge >= 0.3 is 0 Å². The maximum Gasteiger partial charge on any atom is 0.225 e. The van der Waals surface area contributed by atoms with Gasteiger partial charge in [-0.15, -0.1) is 0 Å². The molecule has 1 saturated carbocycles. The summed E-state index contributed by atoms with van der Waals surface area (Å²) in [5.41, 5.74) is 0.142. The average molecular weight is 196 g/mol. The van der Waals surface area contributed by atoms with Crippen LogP contribution in [0.1, 0.15) is 26.7 Å². The van der Waals surface area contributed by atoms with Crippen molar-refractivity contribution in [2.24, 2.45) is 5.92 Å². The zero-order chi connectivity index (χ0) is 10.3. The normalized spacial score (nSPS) is 27.8. The first kappa shape index (κ1) is 9.97. The minimum absolute atomic E-state index is 0.142. The molecule has 0 aromatic carbocycles. The second-order valence-electron chi connectivity index (χ2n) is 5.27. The van der Waals surface area contributed by atoms with Crippen LogP contribution in [0.4, 0.5) is 0 Å². The van der Waals surface area contributed by atoms with Crippen LogP contribution in [-0.2, 0) is 4.79 Å². The highest BCUT2D eigenvalue weighted by molar-refractivity contribution is 5.81. The van der Waals surface area contributed by atoms with Crippen LogP contribution in [0, 0.1) is 5.92 Å². The average Bonchev–Trinajstić information content (AvgIpc) is 2.91. The first-order valence-electron chi connectivity index (χ1n) is 5.51. The maximum atomic E-state index is 11.9. The van der Waals surface area contributed by atoms with Crippen LogP contribution in [0.15, 0.2) is 0 Å². The Morgan fingerprint density at radius 1 is 1.29 bits per heavy atom. The molecule has 0 aromatic rings. The number of nitrogens with zero attached hydrogens (tertiary/aromatic N) is 2. The summed E-state index contributed by atoms with van der Waals surface area (Å²) >= 11 is 0. The lowest BCUT2D eigenvalue weighted by atomic mass is 9.99. The number of rotatable bonds is 1. The number of likely N-dealkylation sites (N-methyl/N-ethyl adjacent to an activating group) is 1. The van der Waals surface area contributed by atoms with Crippen LogP contribution >= 0.6 is 0 Å². The topological polar surface area (TPSA) is 23.6 Å². The predicted octanol–water partition coefficient (Wildman–Crippen LogP) is 0.949. The van der Waals surface area contributed by atoms with Crippen molar-refractivity contribution >= 4 is 5.91 Å². The molecule has 0 aromatic heterocycles. The molecule has 1 saturated heterocycles. The molecule has 2 aliphatic rings. The molecular weight excluding hydrogens is 176 g/mol. The molecule has 0 atom stereocenters. The molecular formula is C11H20N2O. The van der Waals surface area contributed by atoms with Crippen LogP contribution in [-0.4, -0.2) is 47.9 Å². The quantitative estimate of drug-likeness (QED) is 0.623. The smallest absolute Gasteiger partial charge is 0.225 e. The van der Waals surface area contributed by atoms with Crippen LogP contribution in [0.2, 0.25) is 0 Å². The molecule has 14 heavy (non-hydrogen) atoms. The molecule has 1 aliphatic carbocycles. The molecule has 0 radical (unpaired) electrons. The SMILES string of the molecule is CN1CCN(C(=O)C2CC2)CC1(C)C. The van der Waals surface area contributed by atoms with Gasteiger partial charge in [0.1, 0.15) is 0 Å². The van der Waals surface area contributed by atoms with Crippen molar-refractivity contribution in [3.63, 3.8) is 0 Å². The first-order valence-corrected chi connectivity index (χ1v) is 5.51. The van der Waals surface area contributed by atoms with Gasteiger partial charge in [-0.2, -0.15) is 0 Å². The Hall–Kier alpha value is -0.570. The van der Waals surface area contributed by atoms with Crippen LogP contribution in [0.25, 0.3) is 0 Å². The predicted molar refractivity (Wildman–Crippen MR) is 56.0 cm³/mol. The largest absolute Gasteiger partial charge is 0.339 e. The van der Waals surface area contributed by atoms with E-state index in [9.17, 15) is 4.79 Å². The van der Waals surface area contributed by atoms with Gasteiger partial charge in [0, 0.05) is 31.1 Å². The molecule has 3 heteroatoms. The van der Waals surface area contributed by atoms with Gasteiger partial charge in [0.15, 0.2) is 0 Å². The van der Waals surface area contributed by atoms with Gasteiger partial charge in [-0.3, -0.25) is 9.69 Å². The Bertz CT molecular complexity index is 246. The van der Waals surface area contributed by atoms with E-state index >= 15 is 0 Å². The maximum absolute atomic E-state index is 11.9. The Balaban J connectivity index is 1.98. The molecule has 2 rings (SSSR count). The number of carbonyl (C=O) groups excluding carboxylic acids is 1. The number of amides is 1. The van der Waals surface area contributed by atoms with Gasteiger partial charge in [-0.1, -0.05) is 0 Å². The van der Waals surface area contributed by atoms with Crippen LogP contribution in [0.3, 0.4) is 0 Å². The third-order valence-electron chi connectivity index (χ3n) is 3.55. The van der Waals surface area contributed by atoms with Crippen LogP contribution < -0.4 is 0 Å². The van der Waals surface area contributed by atoms with Gasteiger partial charge in [-0.05, 0) is 33.7 Å². The van der Waals surface area contributed by atoms with E-state index < -0.39 is 0 Å². The highest BCUT2D eigenvalue weighted by atomic mass is 16.2. The third-order valence-corrected chi connectivity index (χ3v) is 3.55. The summed E-state index contributed by atoms with van der Waals surface area (Å²) in [5, 5.41) is 0. The summed E-state index contributed by atoms with van der Waals surface area (Å²) in [5.74, 6) is 0.764. The lowest BCUT2D eigenvalue weighted by molar-refractivity contribution is -0.137. The summed E-state index contributed by atoms with van der Waals surface area (Å²) in [6.45, 7) is 7.22. The van der Waals surface area contributed by atoms with Crippen molar-refractivity contribution in [1.29, 1.82) is 0 Å². The zero-order valence-electron chi connectivity index (χ0n) is 9.42. The van der Waals surface area contributed by atoms with Crippen molar-refractivity contribution < 1.29 is 4.79 Å². The Kier molecular flexibility index (Phi) is 2.30. The second-order valence-corrected chi connectivity index (χ2v) is 5.27. The van der Waals surface area contributed by atoms with E-state index in [2.05, 4.69) is 30.7 Å². The summed E-state index contributed by atoms with van der Waals surface area (Å²) in [6, 6.07) is 0. The Labute approximate surface area is 86.1 Å². The zero-order valence-corrected chi connectivity index (χ0v) is 9.42. The summed E-state index contributed by atoms with van der Waals surface area (Å²) in [7, 11) is 2.14. The van der Waals surface area contributed by atoms with Gasteiger partial charge in [-0.25, -0.2) is 0 Å². The van der Waals surface area contributed by atoms with Crippen LogP contribution in [0.5, 0.6) is 0 Å². The fourth-order valence-electron chi connectivity index (χ4n) is 2.02. The molecule has 2 fully saturated rings. The van der Waals surface area contributed by atoms with E-state index in [0.717, 1.165) is 32.5 Å². The molecule has 1 amide bonds. The minimum Gasteiger partial charge on any atom is -0.339 e. The highest BCUT2D eigenvalue weighted by Gasteiger charge is 2.38. The van der Waals surface area contributed by atoms with Crippen molar-refractivity contribution in [1.82, 2.24) is 9.80 Å². The molecule has 1 heterocycles.